The van der Waals surface area contributed by atoms with Crippen LogP contribution < -0.4 is 0 Å². The summed E-state index contributed by atoms with van der Waals surface area (Å²) in [5.41, 5.74) is 0.905. The lowest BCUT2D eigenvalue weighted by Gasteiger charge is -2.38. The summed E-state index contributed by atoms with van der Waals surface area (Å²) in [7, 11) is 3.24. The van der Waals surface area contributed by atoms with Gasteiger partial charge in [0.1, 0.15) is 11.6 Å². The molecule has 0 radical (unpaired) electrons. The number of benzene rings is 3. The maximum absolute atomic E-state index is 14.7. The van der Waals surface area contributed by atoms with Crippen molar-refractivity contribution in [3.8, 4) is 0 Å². The Morgan fingerprint density at radius 1 is 1.03 bits per heavy atom. The summed E-state index contributed by atoms with van der Waals surface area (Å²) in [5.74, 6) is -1.19. The highest BCUT2D eigenvalue weighted by Crippen LogP contribution is 2.44. The molecule has 0 spiro atoms. The van der Waals surface area contributed by atoms with E-state index in [0.717, 1.165) is 29.3 Å². The minimum atomic E-state index is -0.980. The first-order valence-electron chi connectivity index (χ1n) is 12.1. The maximum Gasteiger partial charge on any atom is 0.340 e. The van der Waals surface area contributed by atoms with Crippen LogP contribution in [0.1, 0.15) is 55.9 Å². The number of nitrogens with zero attached hydrogens (tertiary/aromatic N) is 3. The number of carbonyl (C=O) groups excluding carboxylic acids is 1. The topological polar surface area (TPSA) is 56.1 Å². The summed E-state index contributed by atoms with van der Waals surface area (Å²) in [6.45, 7) is 4.00. The van der Waals surface area contributed by atoms with Crippen molar-refractivity contribution in [2.24, 2.45) is 5.10 Å². The van der Waals surface area contributed by atoms with Crippen LogP contribution >= 0.6 is 0 Å². The molecule has 2 unspecified atom stereocenters. The summed E-state index contributed by atoms with van der Waals surface area (Å²) in [6, 6.07) is 21.5. The first-order valence-corrected chi connectivity index (χ1v) is 12.1. The molecule has 0 aliphatic carbocycles. The second-order valence-corrected chi connectivity index (χ2v) is 8.70. The van der Waals surface area contributed by atoms with Gasteiger partial charge in [0, 0.05) is 26.1 Å². The molecule has 190 valence electrons. The van der Waals surface area contributed by atoms with E-state index >= 15 is 0 Å². The number of urea groups is 1. The number of hydrazone groups is 1. The van der Waals surface area contributed by atoms with Crippen molar-refractivity contribution < 1.29 is 18.7 Å². The van der Waals surface area contributed by atoms with Gasteiger partial charge in [-0.15, -0.1) is 0 Å². The first kappa shape index (κ1) is 27.0. The van der Waals surface area contributed by atoms with Crippen LogP contribution in [0.5, 0.6) is 0 Å². The van der Waals surface area contributed by atoms with Gasteiger partial charge in [-0.3, -0.25) is 0 Å². The van der Waals surface area contributed by atoms with Crippen LogP contribution in [0.3, 0.4) is 0 Å². The molecule has 4 rings (SSSR count). The van der Waals surface area contributed by atoms with E-state index < -0.39 is 23.3 Å². The number of aliphatic hydroxyl groups is 1. The third-order valence-corrected chi connectivity index (χ3v) is 6.22. The zero-order valence-electron chi connectivity index (χ0n) is 21.2. The predicted octanol–water partition coefficient (Wildman–Crippen LogP) is 6.49. The number of hydrogen-bond donors (Lipinski definition) is 1. The number of halogens is 2. The highest BCUT2D eigenvalue weighted by atomic mass is 19.1. The third kappa shape index (κ3) is 5.62. The zero-order chi connectivity index (χ0) is 26.3. The van der Waals surface area contributed by atoms with Crippen LogP contribution in [0.2, 0.25) is 0 Å². The molecule has 1 heterocycles. The fourth-order valence-corrected chi connectivity index (χ4v) is 4.42. The molecule has 3 aromatic carbocycles. The van der Waals surface area contributed by atoms with Gasteiger partial charge in [-0.2, -0.15) is 5.10 Å². The summed E-state index contributed by atoms with van der Waals surface area (Å²) < 4.78 is 28.7. The number of carbonyl (C=O) groups is 1. The number of aliphatic hydroxyl groups excluding tert-OH is 1. The van der Waals surface area contributed by atoms with E-state index in [0.29, 0.717) is 12.8 Å². The Kier molecular flexibility index (Phi) is 8.93. The minimum Gasteiger partial charge on any atom is -0.388 e. The molecule has 1 N–H and O–H groups in total. The second-order valence-electron chi connectivity index (χ2n) is 8.70. The van der Waals surface area contributed by atoms with Crippen LogP contribution in [-0.2, 0) is 5.54 Å². The average molecular weight is 494 g/mol. The van der Waals surface area contributed by atoms with E-state index in [1.165, 1.54) is 9.91 Å². The van der Waals surface area contributed by atoms with Gasteiger partial charge >= 0.3 is 6.03 Å². The molecule has 36 heavy (non-hydrogen) atoms. The van der Waals surface area contributed by atoms with Crippen LogP contribution in [0.4, 0.5) is 13.6 Å². The fraction of sp³-hybridized carbons (Fsp3) is 0.310. The van der Waals surface area contributed by atoms with Crippen molar-refractivity contribution in [3.05, 3.63) is 107 Å². The van der Waals surface area contributed by atoms with Crippen LogP contribution in [-0.4, -0.2) is 40.9 Å². The van der Waals surface area contributed by atoms with Gasteiger partial charge in [0.25, 0.3) is 0 Å². The molecule has 0 aromatic heterocycles. The van der Waals surface area contributed by atoms with Gasteiger partial charge in [-0.05, 0) is 42.2 Å². The molecule has 0 fully saturated rings. The lowest BCUT2D eigenvalue weighted by molar-refractivity contribution is 0.0828. The highest BCUT2D eigenvalue weighted by molar-refractivity contribution is 6.04. The monoisotopic (exact) mass is 493 g/mol. The molecule has 1 aliphatic rings. The number of amides is 2. The van der Waals surface area contributed by atoms with Crippen molar-refractivity contribution in [3.63, 3.8) is 0 Å². The molecule has 3 aromatic rings. The van der Waals surface area contributed by atoms with Gasteiger partial charge in [0.05, 0.1) is 17.4 Å². The minimum absolute atomic E-state index is 0.0259. The number of hydrogen-bond acceptors (Lipinski definition) is 3. The Balaban J connectivity index is 0.00000176. The van der Waals surface area contributed by atoms with Crippen molar-refractivity contribution >= 4 is 11.7 Å². The molecular weight excluding hydrogens is 460 g/mol. The Morgan fingerprint density at radius 3 is 2.25 bits per heavy atom. The first-order chi connectivity index (χ1) is 17.3. The van der Waals surface area contributed by atoms with Crippen molar-refractivity contribution in [2.75, 3.05) is 14.1 Å². The summed E-state index contributed by atoms with van der Waals surface area (Å²) in [4.78, 5) is 14.7. The Hall–Kier alpha value is -3.58. The predicted molar refractivity (Wildman–Crippen MR) is 139 cm³/mol. The Morgan fingerprint density at radius 2 is 1.64 bits per heavy atom. The Bertz CT molecular complexity index is 1190. The van der Waals surface area contributed by atoms with E-state index in [9.17, 15) is 18.7 Å². The lowest BCUT2D eigenvalue weighted by Crippen LogP contribution is -2.47. The standard InChI is InChI=1S/C27H27F2N3O2.C2H6/c1-31(2)26(34)32-27(20-11-7-4-8-12-20,16-15-25(33)19-9-5-3-6-10-19)18-24(30-32)22-17-21(28)13-14-23(22)29;1-2/h3-14,17,25,33H,15-16,18H2,1-2H3;1-2H3. The van der Waals surface area contributed by atoms with E-state index in [-0.39, 0.29) is 23.7 Å². The maximum atomic E-state index is 14.7. The molecule has 7 heteroatoms. The van der Waals surface area contributed by atoms with Crippen molar-refractivity contribution in [2.45, 2.75) is 44.8 Å². The quantitative estimate of drug-likeness (QED) is 0.427. The summed E-state index contributed by atoms with van der Waals surface area (Å²) in [6.07, 6.45) is 0.118. The van der Waals surface area contributed by atoms with Gasteiger partial charge in [0.15, 0.2) is 0 Å². The van der Waals surface area contributed by atoms with Gasteiger partial charge in [-0.1, -0.05) is 74.5 Å². The fourth-order valence-electron chi connectivity index (χ4n) is 4.42. The molecule has 2 amide bonds. The van der Waals surface area contributed by atoms with E-state index in [2.05, 4.69) is 5.10 Å². The normalized spacial score (nSPS) is 17.6. The lowest BCUT2D eigenvalue weighted by atomic mass is 9.79. The Labute approximate surface area is 211 Å². The van der Waals surface area contributed by atoms with Crippen LogP contribution in [0.15, 0.2) is 84.0 Å². The van der Waals surface area contributed by atoms with Crippen molar-refractivity contribution in [1.29, 1.82) is 0 Å². The van der Waals surface area contributed by atoms with E-state index in [1.54, 1.807) is 14.1 Å². The van der Waals surface area contributed by atoms with Gasteiger partial charge in [-0.25, -0.2) is 18.6 Å². The van der Waals surface area contributed by atoms with Crippen molar-refractivity contribution in [1.82, 2.24) is 9.91 Å². The molecular formula is C29H33F2N3O2. The van der Waals surface area contributed by atoms with Gasteiger partial charge in [0.2, 0.25) is 0 Å². The molecule has 0 bridgehead atoms. The van der Waals surface area contributed by atoms with Gasteiger partial charge < -0.3 is 10.0 Å². The zero-order valence-corrected chi connectivity index (χ0v) is 21.2. The molecule has 5 nitrogen and oxygen atoms in total. The van der Waals surface area contributed by atoms with Crippen LogP contribution in [0, 0.1) is 11.6 Å². The smallest absolute Gasteiger partial charge is 0.340 e. The summed E-state index contributed by atoms with van der Waals surface area (Å²) >= 11 is 0. The molecule has 2 atom stereocenters. The molecule has 1 aliphatic heterocycles. The SMILES string of the molecule is CC.CN(C)C(=O)N1N=C(c2cc(F)ccc2F)CC1(CCC(O)c1ccccc1)c1ccccc1. The number of rotatable bonds is 6. The average Bonchev–Trinajstić information content (AvgIpc) is 3.30. The third-order valence-electron chi connectivity index (χ3n) is 6.22. The van der Waals surface area contributed by atoms with E-state index in [1.807, 2.05) is 74.5 Å². The second kappa shape index (κ2) is 11.9. The largest absolute Gasteiger partial charge is 0.388 e. The highest BCUT2D eigenvalue weighted by Gasteiger charge is 2.48. The molecule has 0 saturated carbocycles. The molecule has 0 saturated heterocycles. The van der Waals surface area contributed by atoms with E-state index in [4.69, 9.17) is 0 Å². The van der Waals surface area contributed by atoms with Crippen LogP contribution in [0.25, 0.3) is 0 Å². The summed E-state index contributed by atoms with van der Waals surface area (Å²) in [5, 5.41) is 16.8.